The highest BCUT2D eigenvalue weighted by atomic mass is 16.3. The highest BCUT2D eigenvalue weighted by Gasteiger charge is 2.52. The molecule has 0 heterocycles. The number of hydrogen-bond acceptors (Lipinski definition) is 1. The molecule has 2 aliphatic carbocycles. The molecule has 94 valence electrons. The van der Waals surface area contributed by atoms with E-state index in [-0.39, 0.29) is 6.10 Å². The minimum absolute atomic E-state index is 0.0516. The Balaban J connectivity index is 2.13. The van der Waals surface area contributed by atoms with Gasteiger partial charge in [0.15, 0.2) is 0 Å². The smallest absolute Gasteiger partial charge is 0.0578 e. The number of aliphatic hydroxyl groups is 1. The topological polar surface area (TPSA) is 20.2 Å². The SMILES string of the molecule is CC1CCCC(C)C2CC(C)(C)C2C(O)C1. The molecule has 1 nitrogen and oxygen atoms in total. The van der Waals surface area contributed by atoms with Crippen molar-refractivity contribution in [3.63, 3.8) is 0 Å². The van der Waals surface area contributed by atoms with Crippen molar-refractivity contribution in [2.75, 3.05) is 0 Å². The van der Waals surface area contributed by atoms with Gasteiger partial charge in [0.05, 0.1) is 6.10 Å². The first-order valence-electron chi connectivity index (χ1n) is 7.10. The molecular weight excluding hydrogens is 196 g/mol. The van der Waals surface area contributed by atoms with E-state index in [1.807, 2.05) is 0 Å². The highest BCUT2D eigenvalue weighted by Crippen LogP contribution is 2.57. The Labute approximate surface area is 101 Å². The number of hydrogen-bond donors (Lipinski definition) is 1. The second kappa shape index (κ2) is 4.33. The van der Waals surface area contributed by atoms with Gasteiger partial charge in [0, 0.05) is 0 Å². The Morgan fingerprint density at radius 1 is 1.12 bits per heavy atom. The van der Waals surface area contributed by atoms with Crippen LogP contribution in [-0.4, -0.2) is 11.2 Å². The number of fused-ring (bicyclic) bond motifs is 1. The predicted octanol–water partition coefficient (Wildman–Crippen LogP) is 3.86. The zero-order valence-electron chi connectivity index (χ0n) is 11.4. The molecule has 0 aromatic carbocycles. The van der Waals surface area contributed by atoms with Crippen LogP contribution in [0.25, 0.3) is 0 Å². The van der Waals surface area contributed by atoms with E-state index in [0.29, 0.717) is 17.3 Å². The standard InChI is InChI=1S/C15H28O/c1-10-6-5-7-11(2)12-9-15(3,4)14(12)13(16)8-10/h10-14,16H,5-9H2,1-4H3. The van der Waals surface area contributed by atoms with Crippen LogP contribution in [0.3, 0.4) is 0 Å². The van der Waals surface area contributed by atoms with Crippen molar-refractivity contribution in [2.24, 2.45) is 29.1 Å². The minimum Gasteiger partial charge on any atom is -0.393 e. The third-order valence-electron chi connectivity index (χ3n) is 5.27. The number of rotatable bonds is 0. The zero-order chi connectivity index (χ0) is 11.9. The molecule has 0 spiro atoms. The summed E-state index contributed by atoms with van der Waals surface area (Å²) in [4.78, 5) is 0. The largest absolute Gasteiger partial charge is 0.393 e. The average Bonchev–Trinajstić information content (AvgIpc) is 2.16. The fraction of sp³-hybridized carbons (Fsp3) is 1.00. The quantitative estimate of drug-likeness (QED) is 0.662. The summed E-state index contributed by atoms with van der Waals surface area (Å²) in [6, 6.07) is 0. The van der Waals surface area contributed by atoms with Crippen LogP contribution in [0.2, 0.25) is 0 Å². The van der Waals surface area contributed by atoms with Crippen LogP contribution in [0.5, 0.6) is 0 Å². The molecule has 5 atom stereocenters. The van der Waals surface area contributed by atoms with Gasteiger partial charge in [-0.05, 0) is 41.9 Å². The molecule has 1 heteroatoms. The first kappa shape index (κ1) is 12.4. The summed E-state index contributed by atoms with van der Waals surface area (Å²) in [5.41, 5.74) is 0.377. The Morgan fingerprint density at radius 2 is 1.81 bits per heavy atom. The first-order chi connectivity index (χ1) is 7.42. The Morgan fingerprint density at radius 3 is 2.44 bits per heavy atom. The second-order valence-corrected chi connectivity index (χ2v) is 7.20. The van der Waals surface area contributed by atoms with E-state index in [0.717, 1.165) is 18.3 Å². The van der Waals surface area contributed by atoms with Gasteiger partial charge < -0.3 is 5.11 Å². The van der Waals surface area contributed by atoms with Crippen molar-refractivity contribution in [1.29, 1.82) is 0 Å². The lowest BCUT2D eigenvalue weighted by Crippen LogP contribution is -2.52. The van der Waals surface area contributed by atoms with Crippen molar-refractivity contribution < 1.29 is 5.11 Å². The molecule has 2 rings (SSSR count). The predicted molar refractivity (Wildman–Crippen MR) is 68.2 cm³/mol. The van der Waals surface area contributed by atoms with Gasteiger partial charge in [0.25, 0.3) is 0 Å². The van der Waals surface area contributed by atoms with E-state index in [4.69, 9.17) is 0 Å². The molecule has 0 aromatic heterocycles. The lowest BCUT2D eigenvalue weighted by Gasteiger charge is -2.56. The van der Waals surface area contributed by atoms with Crippen LogP contribution < -0.4 is 0 Å². The van der Waals surface area contributed by atoms with Gasteiger partial charge in [0.1, 0.15) is 0 Å². The molecule has 2 aliphatic rings. The summed E-state index contributed by atoms with van der Waals surface area (Å²) in [5.74, 6) is 2.87. The fourth-order valence-corrected chi connectivity index (χ4v) is 4.33. The van der Waals surface area contributed by atoms with Crippen molar-refractivity contribution >= 4 is 0 Å². The van der Waals surface area contributed by atoms with Crippen LogP contribution in [0.4, 0.5) is 0 Å². The molecule has 0 aliphatic heterocycles. The third kappa shape index (κ3) is 2.16. The van der Waals surface area contributed by atoms with Crippen LogP contribution in [0, 0.1) is 29.1 Å². The van der Waals surface area contributed by atoms with Gasteiger partial charge in [-0.15, -0.1) is 0 Å². The lowest BCUT2D eigenvalue weighted by molar-refractivity contribution is -0.118. The summed E-state index contributed by atoms with van der Waals surface area (Å²) >= 11 is 0. The van der Waals surface area contributed by atoms with Crippen LogP contribution in [-0.2, 0) is 0 Å². The van der Waals surface area contributed by atoms with E-state index >= 15 is 0 Å². The zero-order valence-corrected chi connectivity index (χ0v) is 11.4. The van der Waals surface area contributed by atoms with Crippen molar-refractivity contribution in [3.05, 3.63) is 0 Å². The van der Waals surface area contributed by atoms with Gasteiger partial charge in [-0.25, -0.2) is 0 Å². The van der Waals surface area contributed by atoms with Crippen molar-refractivity contribution in [2.45, 2.75) is 65.9 Å². The van der Waals surface area contributed by atoms with E-state index in [2.05, 4.69) is 27.7 Å². The maximum absolute atomic E-state index is 10.5. The Bertz CT molecular complexity index is 246. The monoisotopic (exact) mass is 224 g/mol. The molecule has 0 amide bonds. The van der Waals surface area contributed by atoms with Gasteiger partial charge in [-0.3, -0.25) is 0 Å². The summed E-state index contributed by atoms with van der Waals surface area (Å²) in [6.45, 7) is 9.38. The molecule has 2 fully saturated rings. The summed E-state index contributed by atoms with van der Waals surface area (Å²) in [5, 5.41) is 10.5. The summed E-state index contributed by atoms with van der Waals surface area (Å²) in [7, 11) is 0. The van der Waals surface area contributed by atoms with E-state index in [9.17, 15) is 5.11 Å². The Kier molecular flexibility index (Phi) is 3.36. The van der Waals surface area contributed by atoms with Gasteiger partial charge in [-0.1, -0.05) is 47.0 Å². The molecule has 2 saturated carbocycles. The molecule has 0 radical (unpaired) electrons. The van der Waals surface area contributed by atoms with E-state index in [1.54, 1.807) is 0 Å². The lowest BCUT2D eigenvalue weighted by atomic mass is 9.50. The number of aliphatic hydroxyl groups excluding tert-OH is 1. The van der Waals surface area contributed by atoms with E-state index < -0.39 is 0 Å². The molecule has 16 heavy (non-hydrogen) atoms. The Hall–Kier alpha value is -0.0400. The molecule has 0 bridgehead atoms. The summed E-state index contributed by atoms with van der Waals surface area (Å²) < 4.78 is 0. The van der Waals surface area contributed by atoms with Crippen LogP contribution in [0.1, 0.15) is 59.8 Å². The first-order valence-corrected chi connectivity index (χ1v) is 7.10. The molecule has 0 aromatic rings. The molecule has 1 N–H and O–H groups in total. The second-order valence-electron chi connectivity index (χ2n) is 7.20. The maximum atomic E-state index is 10.5. The fourth-order valence-electron chi connectivity index (χ4n) is 4.33. The minimum atomic E-state index is -0.0516. The maximum Gasteiger partial charge on any atom is 0.0578 e. The molecule has 0 saturated heterocycles. The molecule has 5 unspecified atom stereocenters. The van der Waals surface area contributed by atoms with Gasteiger partial charge >= 0.3 is 0 Å². The van der Waals surface area contributed by atoms with Gasteiger partial charge in [0.2, 0.25) is 0 Å². The highest BCUT2D eigenvalue weighted by molar-refractivity contribution is 5.01. The average molecular weight is 224 g/mol. The van der Waals surface area contributed by atoms with Crippen molar-refractivity contribution in [3.8, 4) is 0 Å². The third-order valence-corrected chi connectivity index (χ3v) is 5.27. The normalized spacial score (nSPS) is 48.2. The summed E-state index contributed by atoms with van der Waals surface area (Å²) in [6.07, 6.45) is 6.33. The van der Waals surface area contributed by atoms with Crippen LogP contribution in [0.15, 0.2) is 0 Å². The molecular formula is C15H28O. The van der Waals surface area contributed by atoms with Gasteiger partial charge in [-0.2, -0.15) is 0 Å². The van der Waals surface area contributed by atoms with E-state index in [1.165, 1.54) is 25.7 Å². The van der Waals surface area contributed by atoms with Crippen LogP contribution >= 0.6 is 0 Å². The van der Waals surface area contributed by atoms with Crippen molar-refractivity contribution in [1.82, 2.24) is 0 Å².